The maximum atomic E-state index is 12.1. The van der Waals surface area contributed by atoms with E-state index in [1.807, 2.05) is 24.3 Å². The van der Waals surface area contributed by atoms with Crippen molar-refractivity contribution in [3.05, 3.63) is 65.2 Å². The van der Waals surface area contributed by atoms with Crippen LogP contribution < -0.4 is 5.32 Å². The van der Waals surface area contributed by atoms with Gasteiger partial charge in [-0.15, -0.1) is 10.2 Å². The molecule has 0 spiro atoms. The first kappa shape index (κ1) is 24.0. The second-order valence-electron chi connectivity index (χ2n) is 7.58. The summed E-state index contributed by atoms with van der Waals surface area (Å²) < 4.78 is 12.5. The number of hydrogen-bond acceptors (Lipinski definition) is 6. The van der Waals surface area contributed by atoms with Crippen LogP contribution in [0.5, 0.6) is 0 Å². The molecule has 0 fully saturated rings. The number of carbonyl (C=O) groups excluding carboxylic acids is 1. The lowest BCUT2D eigenvalue weighted by Crippen LogP contribution is -2.26. The number of hydrogen-bond donors (Lipinski definition) is 1. The van der Waals surface area contributed by atoms with Gasteiger partial charge < -0.3 is 14.8 Å². The standard InChI is InChI=1S/C24H30N4O3S/c1-17-5-9-20(10-6-17)22-26-27-24(28(22)18(2)15-31-4)32-16-19-7-11-21(12-8-19)23(29)25-13-14-30-3/h5-12,18H,13-16H2,1-4H3,(H,25,29)/t18-/m0/s1. The number of methoxy groups -OCH3 is 2. The molecular weight excluding hydrogens is 424 g/mol. The molecule has 1 heterocycles. The Hall–Kier alpha value is -2.68. The van der Waals surface area contributed by atoms with Crippen molar-refractivity contribution in [1.29, 1.82) is 0 Å². The van der Waals surface area contributed by atoms with E-state index in [9.17, 15) is 4.79 Å². The monoisotopic (exact) mass is 454 g/mol. The normalized spacial score (nSPS) is 12.0. The SMILES string of the molecule is COCCNC(=O)c1ccc(CSc2nnc(-c3ccc(C)cc3)n2[C@@H](C)COC)cc1. The summed E-state index contributed by atoms with van der Waals surface area (Å²) in [7, 11) is 3.31. The summed E-state index contributed by atoms with van der Waals surface area (Å²) >= 11 is 1.62. The van der Waals surface area contributed by atoms with Crippen LogP contribution in [0.4, 0.5) is 0 Å². The number of aromatic nitrogens is 3. The Morgan fingerprint density at radius 1 is 1.06 bits per heavy atom. The number of rotatable bonds is 11. The first-order valence-corrected chi connectivity index (χ1v) is 11.5. The molecule has 0 aliphatic heterocycles. The Morgan fingerprint density at radius 3 is 2.44 bits per heavy atom. The molecule has 2 aromatic carbocycles. The second-order valence-corrected chi connectivity index (χ2v) is 8.52. The molecule has 0 bridgehead atoms. The lowest BCUT2D eigenvalue weighted by molar-refractivity contribution is 0.0937. The third-order valence-electron chi connectivity index (χ3n) is 5.00. The van der Waals surface area contributed by atoms with Crippen LogP contribution in [0.2, 0.25) is 0 Å². The van der Waals surface area contributed by atoms with Gasteiger partial charge in [0.05, 0.1) is 19.3 Å². The van der Waals surface area contributed by atoms with Gasteiger partial charge >= 0.3 is 0 Å². The Kier molecular flexibility index (Phi) is 8.84. The number of ether oxygens (including phenoxy) is 2. The summed E-state index contributed by atoms with van der Waals surface area (Å²) in [5.41, 5.74) is 3.97. The predicted molar refractivity (Wildman–Crippen MR) is 127 cm³/mol. The molecule has 0 aliphatic carbocycles. The lowest BCUT2D eigenvalue weighted by Gasteiger charge is -2.17. The number of nitrogens with zero attached hydrogens (tertiary/aromatic N) is 3. The molecule has 1 N–H and O–H groups in total. The van der Waals surface area contributed by atoms with E-state index < -0.39 is 0 Å². The fourth-order valence-electron chi connectivity index (χ4n) is 3.26. The molecule has 8 heteroatoms. The third-order valence-corrected chi connectivity index (χ3v) is 6.01. The highest BCUT2D eigenvalue weighted by Gasteiger charge is 2.19. The van der Waals surface area contributed by atoms with Gasteiger partial charge in [0.25, 0.3) is 5.91 Å². The summed E-state index contributed by atoms with van der Waals surface area (Å²) in [5, 5.41) is 12.6. The maximum Gasteiger partial charge on any atom is 0.251 e. The Balaban J connectivity index is 1.73. The molecule has 170 valence electrons. The first-order valence-electron chi connectivity index (χ1n) is 10.5. The van der Waals surface area contributed by atoms with Crippen molar-refractivity contribution in [2.24, 2.45) is 0 Å². The molecule has 0 radical (unpaired) electrons. The molecule has 32 heavy (non-hydrogen) atoms. The molecule has 1 atom stereocenters. The van der Waals surface area contributed by atoms with Crippen LogP contribution in [0, 0.1) is 6.92 Å². The van der Waals surface area contributed by atoms with E-state index in [4.69, 9.17) is 9.47 Å². The van der Waals surface area contributed by atoms with Gasteiger partial charge in [-0.25, -0.2) is 0 Å². The fourth-order valence-corrected chi connectivity index (χ4v) is 4.25. The van der Waals surface area contributed by atoms with Gasteiger partial charge in [0.1, 0.15) is 0 Å². The zero-order chi connectivity index (χ0) is 22.9. The van der Waals surface area contributed by atoms with Crippen molar-refractivity contribution in [3.8, 4) is 11.4 Å². The van der Waals surface area contributed by atoms with Gasteiger partial charge in [0.2, 0.25) is 0 Å². The largest absolute Gasteiger partial charge is 0.383 e. The summed E-state index contributed by atoms with van der Waals surface area (Å²) in [6.45, 7) is 5.72. The topological polar surface area (TPSA) is 78.3 Å². The average Bonchev–Trinajstić information content (AvgIpc) is 3.23. The summed E-state index contributed by atoms with van der Waals surface area (Å²) in [5.74, 6) is 1.45. The molecule has 0 saturated heterocycles. The minimum Gasteiger partial charge on any atom is -0.383 e. The van der Waals surface area contributed by atoms with E-state index >= 15 is 0 Å². The van der Waals surface area contributed by atoms with Gasteiger partial charge in [0.15, 0.2) is 11.0 Å². The highest BCUT2D eigenvalue weighted by Crippen LogP contribution is 2.30. The highest BCUT2D eigenvalue weighted by atomic mass is 32.2. The zero-order valence-corrected chi connectivity index (χ0v) is 19.8. The smallest absolute Gasteiger partial charge is 0.251 e. The number of aryl methyl sites for hydroxylation is 1. The number of amides is 1. The molecule has 1 amide bonds. The molecule has 0 unspecified atom stereocenters. The van der Waals surface area contributed by atoms with E-state index in [0.717, 1.165) is 27.9 Å². The van der Waals surface area contributed by atoms with Crippen molar-refractivity contribution < 1.29 is 14.3 Å². The van der Waals surface area contributed by atoms with E-state index in [1.54, 1.807) is 26.0 Å². The van der Waals surface area contributed by atoms with Gasteiger partial charge in [-0.2, -0.15) is 0 Å². The fraction of sp³-hybridized carbons (Fsp3) is 0.375. The molecule has 0 aliphatic rings. The molecular formula is C24H30N4O3S. The van der Waals surface area contributed by atoms with Crippen molar-refractivity contribution in [2.45, 2.75) is 30.8 Å². The Labute approximate surface area is 193 Å². The quantitative estimate of drug-likeness (QED) is 0.347. The highest BCUT2D eigenvalue weighted by molar-refractivity contribution is 7.98. The van der Waals surface area contributed by atoms with Crippen molar-refractivity contribution in [3.63, 3.8) is 0 Å². The maximum absolute atomic E-state index is 12.1. The van der Waals surface area contributed by atoms with E-state index in [2.05, 4.69) is 58.2 Å². The van der Waals surface area contributed by atoms with Crippen LogP contribution in [0.1, 0.15) is 34.5 Å². The Bertz CT molecular complexity index is 1000. The minimum atomic E-state index is -0.0999. The summed E-state index contributed by atoms with van der Waals surface area (Å²) in [6, 6.07) is 16.0. The molecule has 3 aromatic rings. The number of benzene rings is 2. The number of thioether (sulfide) groups is 1. The second kappa shape index (κ2) is 11.8. The minimum absolute atomic E-state index is 0.0898. The van der Waals surface area contributed by atoms with Crippen molar-refractivity contribution in [2.75, 3.05) is 34.0 Å². The van der Waals surface area contributed by atoms with E-state index in [-0.39, 0.29) is 11.9 Å². The van der Waals surface area contributed by atoms with Crippen LogP contribution in [0.25, 0.3) is 11.4 Å². The molecule has 1 aromatic heterocycles. The Morgan fingerprint density at radius 2 is 1.78 bits per heavy atom. The van der Waals surface area contributed by atoms with Gasteiger partial charge in [0, 0.05) is 37.6 Å². The van der Waals surface area contributed by atoms with E-state index in [0.29, 0.717) is 25.3 Å². The predicted octanol–water partition coefficient (Wildman–Crippen LogP) is 4.13. The van der Waals surface area contributed by atoms with Crippen LogP contribution >= 0.6 is 11.8 Å². The van der Waals surface area contributed by atoms with E-state index in [1.165, 1.54) is 5.56 Å². The molecule has 7 nitrogen and oxygen atoms in total. The molecule has 0 saturated carbocycles. The van der Waals surface area contributed by atoms with Gasteiger partial charge in [-0.3, -0.25) is 9.36 Å². The number of carbonyl (C=O) groups is 1. The van der Waals surface area contributed by atoms with Crippen LogP contribution in [0.3, 0.4) is 0 Å². The third kappa shape index (κ3) is 6.18. The van der Waals surface area contributed by atoms with Gasteiger partial charge in [-0.1, -0.05) is 53.7 Å². The van der Waals surface area contributed by atoms with Crippen molar-refractivity contribution in [1.82, 2.24) is 20.1 Å². The average molecular weight is 455 g/mol. The number of nitrogens with one attached hydrogen (secondary N) is 1. The van der Waals surface area contributed by atoms with Crippen molar-refractivity contribution >= 4 is 17.7 Å². The van der Waals surface area contributed by atoms with Crippen LogP contribution in [-0.4, -0.2) is 54.6 Å². The summed E-state index contributed by atoms with van der Waals surface area (Å²) in [4.78, 5) is 12.1. The zero-order valence-electron chi connectivity index (χ0n) is 19.0. The van der Waals surface area contributed by atoms with Crippen LogP contribution in [0.15, 0.2) is 53.7 Å². The molecule has 3 rings (SSSR count). The lowest BCUT2D eigenvalue weighted by atomic mass is 10.1. The summed E-state index contributed by atoms with van der Waals surface area (Å²) in [6.07, 6.45) is 0. The van der Waals surface area contributed by atoms with Gasteiger partial charge in [-0.05, 0) is 31.5 Å². The first-order chi connectivity index (χ1) is 15.5. The van der Waals surface area contributed by atoms with Crippen LogP contribution in [-0.2, 0) is 15.2 Å².